The minimum Gasteiger partial charge on any atom is -0.380 e. The Labute approximate surface area is 264 Å². The highest BCUT2D eigenvalue weighted by Gasteiger charge is 2.44. The van der Waals surface area contributed by atoms with Gasteiger partial charge in [-0.25, -0.2) is 4.98 Å². The number of nitrogens with zero attached hydrogens (tertiary/aromatic N) is 5. The SMILES string of the molecule is C[Si](C)(C)CCOCC1CC(C(F)(F)F)=C(N2CCC[C@H]2C2CCC(CC(=O)N3CCN(c4ccc(Cl)cn4)CC3)O2)C=N1. The second kappa shape index (κ2) is 14.1. The maximum Gasteiger partial charge on any atom is 0.414 e. The summed E-state index contributed by atoms with van der Waals surface area (Å²) in [7, 11) is -1.28. The number of aromatic nitrogens is 1. The molecule has 3 unspecified atom stereocenters. The Morgan fingerprint density at radius 2 is 1.89 bits per heavy atom. The number of allylic oxidation sites excluding steroid dienone is 1. The van der Waals surface area contributed by atoms with Crippen LogP contribution in [0.3, 0.4) is 0 Å². The molecule has 3 saturated heterocycles. The van der Waals surface area contributed by atoms with Crippen LogP contribution in [-0.4, -0.2) is 111 Å². The molecule has 1 amide bonds. The van der Waals surface area contributed by atoms with Crippen molar-refractivity contribution >= 4 is 37.6 Å². The van der Waals surface area contributed by atoms with Crippen LogP contribution in [0.2, 0.25) is 30.7 Å². The molecule has 4 aliphatic rings. The van der Waals surface area contributed by atoms with Gasteiger partial charge in [-0.15, -0.1) is 0 Å². The Kier molecular flexibility index (Phi) is 10.6. The number of likely N-dealkylation sites (tertiary alicyclic amines) is 1. The maximum absolute atomic E-state index is 14.3. The summed E-state index contributed by atoms with van der Waals surface area (Å²) < 4.78 is 55.1. The van der Waals surface area contributed by atoms with Crippen molar-refractivity contribution in [2.75, 3.05) is 50.8 Å². The molecule has 0 aromatic carbocycles. The molecule has 0 saturated carbocycles. The number of aliphatic imine (C=N–C) groups is 1. The zero-order chi connectivity index (χ0) is 31.5. The highest BCUT2D eigenvalue weighted by atomic mass is 35.5. The Balaban J connectivity index is 1.14. The molecule has 1 aromatic rings. The Morgan fingerprint density at radius 3 is 2.57 bits per heavy atom. The molecule has 0 aliphatic carbocycles. The summed E-state index contributed by atoms with van der Waals surface area (Å²) in [6.45, 7) is 10.6. The van der Waals surface area contributed by atoms with Crippen molar-refractivity contribution in [2.24, 2.45) is 4.99 Å². The van der Waals surface area contributed by atoms with Gasteiger partial charge >= 0.3 is 6.18 Å². The van der Waals surface area contributed by atoms with E-state index in [0.29, 0.717) is 50.8 Å². The molecular formula is C31H45ClF3N5O3Si. The second-order valence-electron chi connectivity index (χ2n) is 13.6. The predicted molar refractivity (Wildman–Crippen MR) is 169 cm³/mol. The largest absolute Gasteiger partial charge is 0.414 e. The van der Waals surface area contributed by atoms with Crippen molar-refractivity contribution in [1.29, 1.82) is 0 Å². The molecular weight excluding hydrogens is 611 g/mol. The van der Waals surface area contributed by atoms with E-state index < -0.39 is 25.9 Å². The number of anilines is 1. The lowest BCUT2D eigenvalue weighted by atomic mass is 9.99. The Hall–Kier alpha value is -2.15. The zero-order valence-corrected chi connectivity index (χ0v) is 27.7. The van der Waals surface area contributed by atoms with Crippen molar-refractivity contribution in [3.05, 3.63) is 34.6 Å². The van der Waals surface area contributed by atoms with Crippen LogP contribution in [0.5, 0.6) is 0 Å². The van der Waals surface area contributed by atoms with Gasteiger partial charge in [-0.1, -0.05) is 31.2 Å². The van der Waals surface area contributed by atoms with Crippen LogP contribution in [0.1, 0.15) is 38.5 Å². The fourth-order valence-electron chi connectivity index (χ4n) is 6.56. The molecule has 0 radical (unpaired) electrons. The number of hydrogen-bond donors (Lipinski definition) is 0. The standard InChI is InChI=1S/C31H45ClF3N5O3Si/c1-44(2,3)16-15-42-21-23-17-25(31(33,34)35)27(20-36-23)40-10-4-5-26(40)28-8-7-24(43-28)18-30(41)39-13-11-38(12-14-39)29-9-6-22(32)19-37-29/h6,9,19-20,23-24,26,28H,4-5,7-8,10-18,21H2,1-3H3/t23?,24?,26-,28?/m0/s1. The van der Waals surface area contributed by atoms with E-state index in [1.807, 2.05) is 21.9 Å². The first-order chi connectivity index (χ1) is 20.9. The number of pyridine rings is 1. The van der Waals surface area contributed by atoms with E-state index in [9.17, 15) is 18.0 Å². The minimum absolute atomic E-state index is 0.0576. The van der Waals surface area contributed by atoms with Gasteiger partial charge in [0.05, 0.1) is 53.6 Å². The fourth-order valence-corrected chi connectivity index (χ4v) is 7.43. The Morgan fingerprint density at radius 1 is 1.11 bits per heavy atom. The average molecular weight is 656 g/mol. The smallest absolute Gasteiger partial charge is 0.380 e. The number of dihydropyridines is 1. The molecule has 0 spiro atoms. The fraction of sp³-hybridized carbons (Fsp3) is 0.710. The number of carbonyl (C=O) groups is 1. The van der Waals surface area contributed by atoms with Crippen LogP contribution in [0, 0.1) is 0 Å². The number of rotatable bonds is 10. The molecule has 0 N–H and O–H groups in total. The predicted octanol–water partition coefficient (Wildman–Crippen LogP) is 5.80. The van der Waals surface area contributed by atoms with E-state index in [1.165, 1.54) is 6.21 Å². The highest BCUT2D eigenvalue weighted by molar-refractivity contribution is 6.76. The molecule has 4 aliphatic heterocycles. The third-order valence-corrected chi connectivity index (χ3v) is 11.0. The highest BCUT2D eigenvalue weighted by Crippen LogP contribution is 2.40. The summed E-state index contributed by atoms with van der Waals surface area (Å²) in [6, 6.07) is 3.98. The molecule has 4 atom stereocenters. The normalized spacial score (nSPS) is 26.7. The number of piperazine rings is 1. The van der Waals surface area contributed by atoms with Crippen LogP contribution in [0.25, 0.3) is 0 Å². The molecule has 3 fully saturated rings. The first-order valence-electron chi connectivity index (χ1n) is 15.8. The van der Waals surface area contributed by atoms with E-state index in [1.54, 1.807) is 6.20 Å². The molecule has 1 aromatic heterocycles. The van der Waals surface area contributed by atoms with E-state index in [0.717, 1.165) is 37.5 Å². The van der Waals surface area contributed by atoms with Crippen LogP contribution in [0.4, 0.5) is 19.0 Å². The van der Waals surface area contributed by atoms with Gasteiger partial charge in [0.15, 0.2) is 0 Å². The molecule has 44 heavy (non-hydrogen) atoms. The molecule has 13 heteroatoms. The number of amides is 1. The monoisotopic (exact) mass is 655 g/mol. The van der Waals surface area contributed by atoms with Crippen molar-refractivity contribution in [3.8, 4) is 0 Å². The van der Waals surface area contributed by atoms with Gasteiger partial charge in [0.2, 0.25) is 5.91 Å². The summed E-state index contributed by atoms with van der Waals surface area (Å²) in [4.78, 5) is 27.9. The Bertz CT molecular complexity index is 1200. The first-order valence-corrected chi connectivity index (χ1v) is 19.9. The quantitative estimate of drug-likeness (QED) is 0.235. The summed E-state index contributed by atoms with van der Waals surface area (Å²) in [5.41, 5.74) is -0.342. The number of carbonyl (C=O) groups excluding carboxylic acids is 1. The van der Waals surface area contributed by atoms with Crippen LogP contribution in [-0.2, 0) is 14.3 Å². The minimum atomic E-state index is -4.44. The van der Waals surface area contributed by atoms with E-state index in [-0.39, 0.29) is 42.9 Å². The van der Waals surface area contributed by atoms with Crippen molar-refractivity contribution in [2.45, 2.75) is 94.7 Å². The first kappa shape index (κ1) is 33.2. The molecule has 5 rings (SSSR count). The summed E-state index contributed by atoms with van der Waals surface area (Å²) in [6.07, 6.45) is 1.31. The maximum atomic E-state index is 14.3. The van der Waals surface area contributed by atoms with E-state index >= 15 is 0 Å². The van der Waals surface area contributed by atoms with Crippen LogP contribution in [0.15, 0.2) is 34.6 Å². The van der Waals surface area contributed by atoms with Crippen molar-refractivity contribution in [1.82, 2.24) is 14.8 Å². The zero-order valence-electron chi connectivity index (χ0n) is 26.0. The van der Waals surface area contributed by atoms with E-state index in [2.05, 4.69) is 34.5 Å². The number of ether oxygens (including phenoxy) is 2. The van der Waals surface area contributed by atoms with Crippen molar-refractivity contribution < 1.29 is 27.4 Å². The molecule has 0 bridgehead atoms. The van der Waals surface area contributed by atoms with Gasteiger partial charge in [0.1, 0.15) is 5.82 Å². The number of hydrogen-bond acceptors (Lipinski definition) is 7. The summed E-state index contributed by atoms with van der Waals surface area (Å²) in [5.74, 6) is 0.903. The van der Waals surface area contributed by atoms with Gasteiger partial charge in [-0.3, -0.25) is 9.79 Å². The average Bonchev–Trinajstić information content (AvgIpc) is 3.65. The summed E-state index contributed by atoms with van der Waals surface area (Å²) in [5, 5.41) is 0.588. The molecule has 244 valence electrons. The molecule has 5 heterocycles. The van der Waals surface area contributed by atoms with E-state index in [4.69, 9.17) is 21.1 Å². The lowest BCUT2D eigenvalue weighted by molar-refractivity contribution is -0.134. The third kappa shape index (κ3) is 8.55. The van der Waals surface area contributed by atoms with Gasteiger partial charge in [-0.05, 0) is 43.9 Å². The number of halogens is 4. The van der Waals surface area contributed by atoms with Gasteiger partial charge in [-0.2, -0.15) is 13.2 Å². The summed E-state index contributed by atoms with van der Waals surface area (Å²) >= 11 is 5.95. The van der Waals surface area contributed by atoms with Gasteiger partial charge < -0.3 is 24.2 Å². The van der Waals surface area contributed by atoms with Gasteiger partial charge in [0, 0.05) is 66.2 Å². The second-order valence-corrected chi connectivity index (χ2v) is 19.6. The van der Waals surface area contributed by atoms with Crippen molar-refractivity contribution in [3.63, 3.8) is 0 Å². The number of alkyl halides is 3. The topological polar surface area (TPSA) is 70.5 Å². The lowest BCUT2D eigenvalue weighted by Crippen LogP contribution is -2.49. The van der Waals surface area contributed by atoms with Crippen LogP contribution < -0.4 is 4.90 Å². The van der Waals surface area contributed by atoms with Crippen LogP contribution >= 0.6 is 11.6 Å². The third-order valence-electron chi connectivity index (χ3n) is 9.05. The lowest BCUT2D eigenvalue weighted by Gasteiger charge is -2.36. The molecule has 8 nitrogen and oxygen atoms in total. The van der Waals surface area contributed by atoms with Gasteiger partial charge in [0.25, 0.3) is 0 Å².